The van der Waals surface area contributed by atoms with Crippen LogP contribution in [0.15, 0.2) is 36.4 Å². The third kappa shape index (κ3) is 7.71. The summed E-state index contributed by atoms with van der Waals surface area (Å²) in [5.41, 5.74) is 1.93. The first-order valence-corrected chi connectivity index (χ1v) is 11.1. The summed E-state index contributed by atoms with van der Waals surface area (Å²) in [6, 6.07) is 11.4. The van der Waals surface area contributed by atoms with Crippen molar-refractivity contribution < 1.29 is 9.47 Å². The highest BCUT2D eigenvalue weighted by molar-refractivity contribution is 6.31. The summed E-state index contributed by atoms with van der Waals surface area (Å²) in [4.78, 5) is 2.42. The van der Waals surface area contributed by atoms with Crippen molar-refractivity contribution in [1.29, 1.82) is 0 Å². The first-order chi connectivity index (χ1) is 14.1. The molecule has 0 spiro atoms. The Bertz CT molecular complexity index is 752. The summed E-state index contributed by atoms with van der Waals surface area (Å²) >= 11 is 12.7. The second-order valence-electron chi connectivity index (χ2n) is 6.76. The van der Waals surface area contributed by atoms with Crippen molar-refractivity contribution in [1.82, 2.24) is 10.2 Å². The Kier molecular flexibility index (Phi) is 10.6. The topological polar surface area (TPSA) is 33.7 Å². The molecule has 0 amide bonds. The molecule has 0 heterocycles. The highest BCUT2D eigenvalue weighted by Gasteiger charge is 2.12. The van der Waals surface area contributed by atoms with E-state index < -0.39 is 0 Å². The molecule has 2 aromatic carbocycles. The van der Waals surface area contributed by atoms with Gasteiger partial charge in [0.25, 0.3) is 0 Å². The molecule has 4 nitrogen and oxygen atoms in total. The van der Waals surface area contributed by atoms with E-state index in [0.717, 1.165) is 43.7 Å². The van der Waals surface area contributed by atoms with Crippen LogP contribution in [0.4, 0.5) is 0 Å². The Morgan fingerprint density at radius 3 is 2.31 bits per heavy atom. The molecule has 0 aliphatic carbocycles. The maximum absolute atomic E-state index is 6.51. The quantitative estimate of drug-likeness (QED) is 0.401. The van der Waals surface area contributed by atoms with Crippen LogP contribution in [0, 0.1) is 0 Å². The second kappa shape index (κ2) is 13.0. The zero-order chi connectivity index (χ0) is 21.1. The largest absolute Gasteiger partial charge is 0.490 e. The molecule has 0 aromatic heterocycles. The van der Waals surface area contributed by atoms with Crippen molar-refractivity contribution in [3.63, 3.8) is 0 Å². The van der Waals surface area contributed by atoms with Gasteiger partial charge in [0.05, 0.1) is 6.61 Å². The predicted octanol–water partition coefficient (Wildman–Crippen LogP) is 5.79. The van der Waals surface area contributed by atoms with E-state index in [1.807, 2.05) is 43.3 Å². The van der Waals surface area contributed by atoms with Gasteiger partial charge in [0, 0.05) is 28.2 Å². The van der Waals surface area contributed by atoms with Crippen LogP contribution in [0.5, 0.6) is 11.5 Å². The van der Waals surface area contributed by atoms with E-state index in [2.05, 4.69) is 24.1 Å². The fourth-order valence-corrected chi connectivity index (χ4v) is 3.47. The van der Waals surface area contributed by atoms with Gasteiger partial charge in [-0.15, -0.1) is 0 Å². The molecule has 0 atom stereocenters. The number of nitrogens with one attached hydrogen (secondary N) is 1. The molecule has 1 N–H and O–H groups in total. The van der Waals surface area contributed by atoms with Gasteiger partial charge in [-0.05, 0) is 57.2 Å². The standard InChI is InChI=1S/C23H32Cl2N2O2/c1-4-27(5-2)13-9-12-26-16-19-14-22(28-6-3)23(15-21(19)25)29-17-18-10-7-8-11-20(18)24/h7-8,10-11,14-15,26H,4-6,9,12-13,16-17H2,1-3H3. The van der Waals surface area contributed by atoms with Gasteiger partial charge in [0.2, 0.25) is 0 Å². The lowest BCUT2D eigenvalue weighted by atomic mass is 10.2. The summed E-state index contributed by atoms with van der Waals surface area (Å²) in [7, 11) is 0. The molecule has 0 saturated carbocycles. The molecule has 6 heteroatoms. The van der Waals surface area contributed by atoms with Gasteiger partial charge in [0.15, 0.2) is 11.5 Å². The molecule has 0 fully saturated rings. The number of halogens is 2. The minimum absolute atomic E-state index is 0.360. The van der Waals surface area contributed by atoms with Gasteiger partial charge in [-0.3, -0.25) is 0 Å². The molecule has 0 aliphatic heterocycles. The van der Waals surface area contributed by atoms with Gasteiger partial charge in [-0.2, -0.15) is 0 Å². The molecule has 160 valence electrons. The lowest BCUT2D eigenvalue weighted by Crippen LogP contribution is -2.27. The molecule has 0 radical (unpaired) electrons. The Morgan fingerprint density at radius 1 is 0.897 bits per heavy atom. The highest BCUT2D eigenvalue weighted by atomic mass is 35.5. The van der Waals surface area contributed by atoms with Crippen LogP contribution >= 0.6 is 23.2 Å². The van der Waals surface area contributed by atoms with Gasteiger partial charge in [0.1, 0.15) is 6.61 Å². The van der Waals surface area contributed by atoms with Crippen LogP contribution in [-0.2, 0) is 13.2 Å². The molecule has 0 bridgehead atoms. The van der Waals surface area contributed by atoms with Gasteiger partial charge >= 0.3 is 0 Å². The van der Waals surface area contributed by atoms with Crippen LogP contribution in [0.2, 0.25) is 10.0 Å². The second-order valence-corrected chi connectivity index (χ2v) is 7.58. The van der Waals surface area contributed by atoms with Crippen molar-refractivity contribution in [2.24, 2.45) is 0 Å². The van der Waals surface area contributed by atoms with Crippen LogP contribution in [0.1, 0.15) is 38.3 Å². The fourth-order valence-electron chi connectivity index (χ4n) is 3.06. The first kappa shape index (κ1) is 23.8. The van der Waals surface area contributed by atoms with E-state index in [1.165, 1.54) is 0 Å². The smallest absolute Gasteiger partial charge is 0.163 e. The first-order valence-electron chi connectivity index (χ1n) is 10.3. The predicted molar refractivity (Wildman–Crippen MR) is 123 cm³/mol. The monoisotopic (exact) mass is 438 g/mol. The number of hydrogen-bond acceptors (Lipinski definition) is 4. The lowest BCUT2D eigenvalue weighted by molar-refractivity contribution is 0.269. The Labute approximate surface area is 185 Å². The molecule has 0 aliphatic rings. The SMILES string of the molecule is CCOc1cc(CNCCCN(CC)CC)c(Cl)cc1OCc1ccccc1Cl. The molecule has 0 unspecified atom stereocenters. The summed E-state index contributed by atoms with van der Waals surface area (Å²) < 4.78 is 11.8. The van der Waals surface area contributed by atoms with E-state index in [9.17, 15) is 0 Å². The summed E-state index contributed by atoms with van der Waals surface area (Å²) in [6.45, 7) is 12.2. The average molecular weight is 439 g/mol. The number of hydrogen-bond donors (Lipinski definition) is 1. The molecule has 29 heavy (non-hydrogen) atoms. The Balaban J connectivity index is 1.96. The molecular formula is C23H32Cl2N2O2. The van der Waals surface area contributed by atoms with Crippen LogP contribution in [0.25, 0.3) is 0 Å². The van der Waals surface area contributed by atoms with Crippen molar-refractivity contribution in [3.8, 4) is 11.5 Å². The van der Waals surface area contributed by atoms with Crippen LogP contribution in [0.3, 0.4) is 0 Å². The van der Waals surface area contributed by atoms with E-state index in [4.69, 9.17) is 32.7 Å². The maximum Gasteiger partial charge on any atom is 0.163 e. The summed E-state index contributed by atoms with van der Waals surface area (Å²) in [6.07, 6.45) is 1.11. The normalized spacial score (nSPS) is 11.1. The molecule has 0 saturated heterocycles. The zero-order valence-corrected chi connectivity index (χ0v) is 19.2. The molecular weight excluding hydrogens is 407 g/mol. The number of ether oxygens (including phenoxy) is 2. The number of benzene rings is 2. The van der Waals surface area contributed by atoms with Gasteiger partial charge in [-0.1, -0.05) is 55.2 Å². The third-order valence-electron chi connectivity index (χ3n) is 4.79. The van der Waals surface area contributed by atoms with E-state index in [1.54, 1.807) is 0 Å². The van der Waals surface area contributed by atoms with Crippen molar-refractivity contribution >= 4 is 23.2 Å². The van der Waals surface area contributed by atoms with Gasteiger partial charge < -0.3 is 19.7 Å². The van der Waals surface area contributed by atoms with E-state index in [0.29, 0.717) is 41.3 Å². The lowest BCUT2D eigenvalue weighted by Gasteiger charge is -2.18. The molecule has 2 aromatic rings. The maximum atomic E-state index is 6.51. The van der Waals surface area contributed by atoms with Crippen molar-refractivity contribution in [2.75, 3.05) is 32.8 Å². The fraction of sp³-hybridized carbons (Fsp3) is 0.478. The van der Waals surface area contributed by atoms with E-state index in [-0.39, 0.29) is 0 Å². The summed E-state index contributed by atoms with van der Waals surface area (Å²) in [5, 5.41) is 4.82. The van der Waals surface area contributed by atoms with Crippen LogP contribution in [-0.4, -0.2) is 37.7 Å². The Hall–Kier alpha value is -1.46. The van der Waals surface area contributed by atoms with Crippen molar-refractivity contribution in [3.05, 3.63) is 57.6 Å². The zero-order valence-electron chi connectivity index (χ0n) is 17.6. The third-order valence-corrected chi connectivity index (χ3v) is 5.51. The highest BCUT2D eigenvalue weighted by Crippen LogP contribution is 2.34. The average Bonchev–Trinajstić information content (AvgIpc) is 2.72. The van der Waals surface area contributed by atoms with Gasteiger partial charge in [-0.25, -0.2) is 0 Å². The minimum atomic E-state index is 0.360. The number of nitrogens with zero attached hydrogens (tertiary/aromatic N) is 1. The van der Waals surface area contributed by atoms with Crippen molar-refractivity contribution in [2.45, 2.75) is 40.3 Å². The molecule has 2 rings (SSSR count). The minimum Gasteiger partial charge on any atom is -0.490 e. The Morgan fingerprint density at radius 2 is 1.62 bits per heavy atom. The number of rotatable bonds is 13. The van der Waals surface area contributed by atoms with E-state index >= 15 is 0 Å². The summed E-state index contributed by atoms with van der Waals surface area (Å²) in [5.74, 6) is 1.32. The van der Waals surface area contributed by atoms with Crippen LogP contribution < -0.4 is 14.8 Å².